The Morgan fingerprint density at radius 2 is 1.86 bits per heavy atom. The Labute approximate surface area is 205 Å². The van der Waals surface area contributed by atoms with Gasteiger partial charge in [0.05, 0.1) is 12.3 Å². The van der Waals surface area contributed by atoms with Crippen molar-refractivity contribution in [1.82, 2.24) is 19.9 Å². The van der Waals surface area contributed by atoms with Crippen LogP contribution in [0, 0.1) is 5.92 Å². The van der Waals surface area contributed by atoms with E-state index in [4.69, 9.17) is 9.84 Å². The predicted octanol–water partition coefficient (Wildman–Crippen LogP) is 4.37. The van der Waals surface area contributed by atoms with Crippen molar-refractivity contribution in [3.05, 3.63) is 78.6 Å². The molecule has 4 aromatic rings. The number of hydrogen-bond donors (Lipinski definition) is 1. The maximum absolute atomic E-state index is 12.7. The van der Waals surface area contributed by atoms with Gasteiger partial charge in [0.2, 0.25) is 5.91 Å². The van der Waals surface area contributed by atoms with Gasteiger partial charge in [0.15, 0.2) is 5.82 Å². The molecule has 5 rings (SSSR count). The summed E-state index contributed by atoms with van der Waals surface area (Å²) >= 11 is 0. The van der Waals surface area contributed by atoms with E-state index < -0.39 is 0 Å². The first-order valence-electron chi connectivity index (χ1n) is 12.4. The Hall–Kier alpha value is -3.87. The van der Waals surface area contributed by atoms with Crippen LogP contribution in [0.4, 0.5) is 5.82 Å². The number of fused-ring (bicyclic) bond motifs is 1. The van der Waals surface area contributed by atoms with Crippen LogP contribution < -0.4 is 15.0 Å². The molecule has 1 saturated heterocycles. The topological polar surface area (TPSA) is 71.8 Å². The Bertz CT molecular complexity index is 1260. The van der Waals surface area contributed by atoms with Crippen LogP contribution in [0.1, 0.15) is 25.3 Å². The van der Waals surface area contributed by atoms with Crippen molar-refractivity contribution < 1.29 is 9.53 Å². The Kier molecular flexibility index (Phi) is 6.93. The number of aromatic nitrogens is 3. The van der Waals surface area contributed by atoms with Crippen LogP contribution in [0.3, 0.4) is 0 Å². The number of benzene rings is 2. The lowest BCUT2D eigenvalue weighted by Crippen LogP contribution is -2.41. The number of carbonyl (C=O) groups is 1. The number of hydrogen-bond acceptors (Lipinski definition) is 5. The molecule has 1 N–H and O–H groups in total. The van der Waals surface area contributed by atoms with Gasteiger partial charge < -0.3 is 15.0 Å². The van der Waals surface area contributed by atoms with Crippen molar-refractivity contribution in [2.75, 3.05) is 31.1 Å². The third-order valence-corrected chi connectivity index (χ3v) is 6.55. The van der Waals surface area contributed by atoms with Gasteiger partial charge in [-0.3, -0.25) is 4.79 Å². The van der Waals surface area contributed by atoms with Crippen molar-refractivity contribution >= 4 is 17.2 Å². The van der Waals surface area contributed by atoms with E-state index in [1.54, 1.807) is 6.20 Å². The molecule has 0 atom stereocenters. The third-order valence-electron chi connectivity index (χ3n) is 6.55. The molecule has 0 aliphatic carbocycles. The molecule has 1 fully saturated rings. The van der Waals surface area contributed by atoms with E-state index in [9.17, 15) is 4.79 Å². The van der Waals surface area contributed by atoms with Gasteiger partial charge in [0.1, 0.15) is 11.3 Å². The van der Waals surface area contributed by atoms with Crippen molar-refractivity contribution in [3.63, 3.8) is 0 Å². The lowest BCUT2D eigenvalue weighted by Gasteiger charge is -2.32. The number of amides is 1. The van der Waals surface area contributed by atoms with Gasteiger partial charge in [-0.15, -0.1) is 0 Å². The normalized spacial score (nSPS) is 14.3. The van der Waals surface area contributed by atoms with Gasteiger partial charge in [-0.05, 0) is 62.1 Å². The minimum atomic E-state index is 0.0473. The van der Waals surface area contributed by atoms with Gasteiger partial charge in [-0.2, -0.15) is 5.10 Å². The summed E-state index contributed by atoms with van der Waals surface area (Å²) in [6.45, 7) is 4.90. The molecule has 0 unspecified atom stereocenters. The van der Waals surface area contributed by atoms with E-state index in [-0.39, 0.29) is 11.8 Å². The summed E-state index contributed by atoms with van der Waals surface area (Å²) in [6, 6.07) is 20.3. The highest BCUT2D eigenvalue weighted by Crippen LogP contribution is 2.29. The average molecular weight is 470 g/mol. The van der Waals surface area contributed by atoms with E-state index in [1.165, 1.54) is 5.56 Å². The number of nitrogens with one attached hydrogen (secondary N) is 1. The lowest BCUT2D eigenvalue weighted by atomic mass is 9.95. The molecule has 7 nitrogen and oxygen atoms in total. The van der Waals surface area contributed by atoms with Gasteiger partial charge in [0, 0.05) is 43.5 Å². The van der Waals surface area contributed by atoms with Crippen LogP contribution in [0.25, 0.3) is 16.8 Å². The summed E-state index contributed by atoms with van der Waals surface area (Å²) in [4.78, 5) is 19.6. The number of carbonyl (C=O) groups excluding carboxylic acids is 1. The van der Waals surface area contributed by atoms with E-state index in [0.717, 1.165) is 60.7 Å². The van der Waals surface area contributed by atoms with Gasteiger partial charge in [-0.1, -0.05) is 30.3 Å². The lowest BCUT2D eigenvalue weighted by molar-refractivity contribution is -0.125. The van der Waals surface area contributed by atoms with Crippen LogP contribution >= 0.6 is 0 Å². The smallest absolute Gasteiger partial charge is 0.223 e. The van der Waals surface area contributed by atoms with Crippen molar-refractivity contribution in [3.8, 4) is 17.0 Å². The number of anilines is 1. The molecule has 0 bridgehead atoms. The molecule has 0 spiro atoms. The van der Waals surface area contributed by atoms with E-state index in [2.05, 4.69) is 33.4 Å². The van der Waals surface area contributed by atoms with E-state index in [0.29, 0.717) is 13.2 Å². The second-order valence-corrected chi connectivity index (χ2v) is 8.86. The summed E-state index contributed by atoms with van der Waals surface area (Å²) in [6.07, 6.45) is 6.17. The summed E-state index contributed by atoms with van der Waals surface area (Å²) in [5, 5.41) is 7.88. The van der Waals surface area contributed by atoms with Gasteiger partial charge >= 0.3 is 0 Å². The zero-order valence-corrected chi connectivity index (χ0v) is 20.1. The fraction of sp³-hybridized carbons (Fsp3) is 0.321. The fourth-order valence-corrected chi connectivity index (χ4v) is 4.65. The summed E-state index contributed by atoms with van der Waals surface area (Å²) < 4.78 is 7.44. The van der Waals surface area contributed by atoms with Crippen LogP contribution in [0.2, 0.25) is 0 Å². The highest BCUT2D eigenvalue weighted by atomic mass is 16.5. The molecular formula is C28H31N5O2. The maximum atomic E-state index is 12.7. The summed E-state index contributed by atoms with van der Waals surface area (Å²) in [7, 11) is 0. The highest BCUT2D eigenvalue weighted by Gasteiger charge is 2.26. The van der Waals surface area contributed by atoms with Crippen LogP contribution in [0.5, 0.6) is 5.75 Å². The van der Waals surface area contributed by atoms with Crippen molar-refractivity contribution in [1.29, 1.82) is 0 Å². The number of rotatable bonds is 8. The SMILES string of the molecule is CCOc1ccc(-c2cc3c(N4CCC(C(=O)NCCc5ccccc5)CC4)nccn3n2)cc1. The third kappa shape index (κ3) is 5.29. The quantitative estimate of drug-likeness (QED) is 0.415. The second kappa shape index (κ2) is 10.6. The zero-order valence-electron chi connectivity index (χ0n) is 20.1. The monoisotopic (exact) mass is 469 g/mol. The predicted molar refractivity (Wildman–Crippen MR) is 138 cm³/mol. The molecule has 1 aliphatic rings. The van der Waals surface area contributed by atoms with Gasteiger partial charge in [0.25, 0.3) is 0 Å². The number of piperidine rings is 1. The molecular weight excluding hydrogens is 438 g/mol. The molecule has 3 heterocycles. The van der Waals surface area contributed by atoms with Crippen LogP contribution in [-0.4, -0.2) is 46.7 Å². The van der Waals surface area contributed by atoms with E-state index in [1.807, 2.05) is 60.1 Å². The molecule has 1 aliphatic heterocycles. The van der Waals surface area contributed by atoms with Crippen molar-refractivity contribution in [2.45, 2.75) is 26.2 Å². The molecule has 35 heavy (non-hydrogen) atoms. The largest absolute Gasteiger partial charge is 0.494 e. The van der Waals surface area contributed by atoms with Gasteiger partial charge in [-0.25, -0.2) is 9.50 Å². The zero-order chi connectivity index (χ0) is 24.0. The first-order chi connectivity index (χ1) is 17.2. The Morgan fingerprint density at radius 1 is 1.09 bits per heavy atom. The number of nitrogens with zero attached hydrogens (tertiary/aromatic N) is 4. The molecule has 0 saturated carbocycles. The molecule has 180 valence electrons. The van der Waals surface area contributed by atoms with Crippen molar-refractivity contribution in [2.24, 2.45) is 5.92 Å². The molecule has 7 heteroatoms. The fourth-order valence-electron chi connectivity index (χ4n) is 4.65. The molecule has 2 aromatic heterocycles. The second-order valence-electron chi connectivity index (χ2n) is 8.86. The first-order valence-corrected chi connectivity index (χ1v) is 12.4. The van der Waals surface area contributed by atoms with Crippen LogP contribution in [-0.2, 0) is 11.2 Å². The number of ether oxygens (including phenoxy) is 1. The molecule has 0 radical (unpaired) electrons. The summed E-state index contributed by atoms with van der Waals surface area (Å²) in [5.74, 6) is 1.98. The van der Waals surface area contributed by atoms with Crippen LogP contribution in [0.15, 0.2) is 73.1 Å². The Balaban J connectivity index is 1.21. The Morgan fingerprint density at radius 3 is 2.60 bits per heavy atom. The molecule has 2 aromatic carbocycles. The summed E-state index contributed by atoms with van der Waals surface area (Å²) in [5.41, 5.74) is 4.15. The first kappa shape index (κ1) is 22.9. The van der Waals surface area contributed by atoms with E-state index >= 15 is 0 Å². The maximum Gasteiger partial charge on any atom is 0.223 e. The average Bonchev–Trinajstić information content (AvgIpc) is 3.35. The minimum Gasteiger partial charge on any atom is -0.494 e. The minimum absolute atomic E-state index is 0.0473. The molecule has 1 amide bonds. The highest BCUT2D eigenvalue weighted by molar-refractivity contribution is 5.79. The standard InChI is InChI=1S/C28H31N5O2/c1-2-35-24-10-8-22(9-11-24)25-20-26-27(29-16-19-33(26)31-25)32-17-13-23(14-18-32)28(34)30-15-12-21-6-4-3-5-7-21/h3-11,16,19-20,23H,2,12-15,17-18H2,1H3,(H,30,34).